The number of rotatable bonds is 1. The molecule has 1 aliphatic rings. The highest BCUT2D eigenvalue weighted by molar-refractivity contribution is 6.39. The van der Waals surface area contributed by atoms with Crippen LogP contribution in [0.15, 0.2) is 12.1 Å². The monoisotopic (exact) mass is 283 g/mol. The predicted octanol–water partition coefficient (Wildman–Crippen LogP) is 2.90. The molecule has 94 valence electrons. The highest BCUT2D eigenvalue weighted by Crippen LogP contribution is 2.36. The molecule has 0 radical (unpaired) electrons. The van der Waals surface area contributed by atoms with Crippen LogP contribution in [-0.4, -0.2) is 11.6 Å². The standard InChI is InChI=1S/C12H11Cl2N3O/c13-6-3-8(14)11-10(4-6)16-9-1-2-18-5-7(9)12(11)17-15/h3-4H,1-2,5,15H2,(H,16,17). The average molecular weight is 284 g/mol. The molecule has 0 amide bonds. The molecule has 6 heteroatoms. The van der Waals surface area contributed by atoms with E-state index in [1.807, 2.05) is 0 Å². The quantitative estimate of drug-likeness (QED) is 0.624. The largest absolute Gasteiger partial charge is 0.376 e. The van der Waals surface area contributed by atoms with E-state index in [-0.39, 0.29) is 0 Å². The van der Waals surface area contributed by atoms with Crippen molar-refractivity contribution in [3.63, 3.8) is 0 Å². The van der Waals surface area contributed by atoms with Crippen LogP contribution in [0.5, 0.6) is 0 Å². The van der Waals surface area contributed by atoms with Crippen LogP contribution in [-0.2, 0) is 17.8 Å². The number of benzene rings is 1. The van der Waals surface area contributed by atoms with E-state index in [1.165, 1.54) is 0 Å². The van der Waals surface area contributed by atoms with E-state index in [0.29, 0.717) is 23.3 Å². The van der Waals surface area contributed by atoms with Gasteiger partial charge in [-0.25, -0.2) is 0 Å². The summed E-state index contributed by atoms with van der Waals surface area (Å²) in [6.07, 6.45) is 0.768. The minimum Gasteiger partial charge on any atom is -0.376 e. The lowest BCUT2D eigenvalue weighted by Crippen LogP contribution is -2.18. The van der Waals surface area contributed by atoms with Gasteiger partial charge in [0, 0.05) is 22.4 Å². The maximum Gasteiger partial charge on any atom is 0.0756 e. The summed E-state index contributed by atoms with van der Waals surface area (Å²) in [6.45, 7) is 1.17. The molecule has 0 fully saturated rings. The summed E-state index contributed by atoms with van der Waals surface area (Å²) in [6, 6.07) is 3.48. The fourth-order valence-corrected chi connectivity index (χ4v) is 2.85. The third kappa shape index (κ3) is 1.82. The van der Waals surface area contributed by atoms with Gasteiger partial charge in [-0.05, 0) is 12.1 Å². The smallest absolute Gasteiger partial charge is 0.0756 e. The van der Waals surface area contributed by atoms with Crippen molar-refractivity contribution in [1.29, 1.82) is 0 Å². The minimum atomic E-state index is 0.497. The van der Waals surface area contributed by atoms with E-state index in [4.69, 9.17) is 33.8 Å². The SMILES string of the molecule is NNc1c2c(nc3cc(Cl)cc(Cl)c13)CCOC2. The molecule has 2 aromatic rings. The summed E-state index contributed by atoms with van der Waals surface area (Å²) in [5.74, 6) is 5.62. The van der Waals surface area contributed by atoms with Crippen molar-refractivity contribution in [2.75, 3.05) is 12.0 Å². The molecule has 0 saturated heterocycles. The minimum absolute atomic E-state index is 0.497. The van der Waals surface area contributed by atoms with Crippen LogP contribution in [0.4, 0.5) is 5.69 Å². The van der Waals surface area contributed by atoms with Crippen LogP contribution in [0.2, 0.25) is 10.0 Å². The molecule has 1 aromatic heterocycles. The number of fused-ring (bicyclic) bond motifs is 2. The van der Waals surface area contributed by atoms with Gasteiger partial charge in [0.15, 0.2) is 0 Å². The van der Waals surface area contributed by atoms with E-state index in [1.54, 1.807) is 12.1 Å². The van der Waals surface area contributed by atoms with Crippen LogP contribution in [0, 0.1) is 0 Å². The fourth-order valence-electron chi connectivity index (χ4n) is 2.27. The zero-order chi connectivity index (χ0) is 12.7. The van der Waals surface area contributed by atoms with Crippen molar-refractivity contribution >= 4 is 39.8 Å². The van der Waals surface area contributed by atoms with E-state index >= 15 is 0 Å². The highest BCUT2D eigenvalue weighted by Gasteiger charge is 2.19. The van der Waals surface area contributed by atoms with Gasteiger partial charge in [0.1, 0.15) is 0 Å². The van der Waals surface area contributed by atoms with Crippen LogP contribution in [0.25, 0.3) is 10.9 Å². The number of halogens is 2. The van der Waals surface area contributed by atoms with E-state index in [2.05, 4.69) is 10.4 Å². The second-order valence-electron chi connectivity index (χ2n) is 4.14. The van der Waals surface area contributed by atoms with Gasteiger partial charge in [-0.1, -0.05) is 23.2 Å². The third-order valence-electron chi connectivity index (χ3n) is 3.06. The number of hydrogen-bond donors (Lipinski definition) is 2. The number of aromatic nitrogens is 1. The topological polar surface area (TPSA) is 60.2 Å². The molecular weight excluding hydrogens is 273 g/mol. The third-order valence-corrected chi connectivity index (χ3v) is 3.58. The first-order valence-electron chi connectivity index (χ1n) is 5.55. The molecule has 18 heavy (non-hydrogen) atoms. The average Bonchev–Trinajstić information content (AvgIpc) is 2.35. The number of pyridine rings is 1. The maximum absolute atomic E-state index is 6.23. The van der Waals surface area contributed by atoms with Crippen molar-refractivity contribution in [3.05, 3.63) is 33.4 Å². The molecule has 1 aliphatic heterocycles. The summed E-state index contributed by atoms with van der Waals surface area (Å²) < 4.78 is 5.45. The Bertz CT molecular complexity index is 630. The van der Waals surface area contributed by atoms with Gasteiger partial charge in [-0.2, -0.15) is 0 Å². The number of hydrogen-bond acceptors (Lipinski definition) is 4. The molecule has 0 bridgehead atoms. The van der Waals surface area contributed by atoms with E-state index < -0.39 is 0 Å². The molecule has 0 saturated carbocycles. The molecule has 0 atom stereocenters. The lowest BCUT2D eigenvalue weighted by molar-refractivity contribution is 0.110. The molecule has 0 unspecified atom stereocenters. The molecule has 3 rings (SSSR count). The molecular formula is C12H11Cl2N3O. The van der Waals surface area contributed by atoms with Crippen molar-refractivity contribution in [2.45, 2.75) is 13.0 Å². The summed E-state index contributed by atoms with van der Waals surface area (Å²) in [7, 11) is 0. The van der Waals surface area contributed by atoms with Crippen molar-refractivity contribution < 1.29 is 4.74 Å². The van der Waals surface area contributed by atoms with Gasteiger partial charge in [0.25, 0.3) is 0 Å². The van der Waals surface area contributed by atoms with Gasteiger partial charge in [0.2, 0.25) is 0 Å². The summed E-state index contributed by atoms with van der Waals surface area (Å²) in [5.41, 5.74) is 6.20. The van der Waals surface area contributed by atoms with Crippen molar-refractivity contribution in [2.24, 2.45) is 5.84 Å². The first kappa shape index (κ1) is 12.0. The molecule has 0 spiro atoms. The van der Waals surface area contributed by atoms with Gasteiger partial charge in [0.05, 0.1) is 35.1 Å². The Kier molecular flexibility index (Phi) is 3.03. The summed E-state index contributed by atoms with van der Waals surface area (Å²) in [5, 5.41) is 1.88. The molecule has 0 aliphatic carbocycles. The van der Waals surface area contributed by atoms with Gasteiger partial charge < -0.3 is 10.2 Å². The van der Waals surface area contributed by atoms with Gasteiger partial charge in [-0.3, -0.25) is 10.8 Å². The van der Waals surface area contributed by atoms with Gasteiger partial charge >= 0.3 is 0 Å². The van der Waals surface area contributed by atoms with Crippen molar-refractivity contribution in [3.8, 4) is 0 Å². The van der Waals surface area contributed by atoms with E-state index in [0.717, 1.165) is 34.3 Å². The van der Waals surface area contributed by atoms with Crippen LogP contribution in [0.1, 0.15) is 11.3 Å². The number of anilines is 1. The number of nitrogens with one attached hydrogen (secondary N) is 1. The van der Waals surface area contributed by atoms with Crippen LogP contribution in [0.3, 0.4) is 0 Å². The van der Waals surface area contributed by atoms with Crippen LogP contribution >= 0.6 is 23.2 Å². The second-order valence-corrected chi connectivity index (χ2v) is 4.98. The Hall–Kier alpha value is -1.07. The first-order valence-corrected chi connectivity index (χ1v) is 6.31. The summed E-state index contributed by atoms with van der Waals surface area (Å²) >= 11 is 12.2. The van der Waals surface area contributed by atoms with Crippen molar-refractivity contribution in [1.82, 2.24) is 4.98 Å². The number of hydrazine groups is 1. The number of nitrogens with zero attached hydrogens (tertiary/aromatic N) is 1. The zero-order valence-corrected chi connectivity index (χ0v) is 11.0. The molecule has 1 aromatic carbocycles. The molecule has 2 heterocycles. The lowest BCUT2D eigenvalue weighted by Gasteiger charge is -2.21. The predicted molar refractivity (Wildman–Crippen MR) is 72.9 cm³/mol. The number of nitrogens with two attached hydrogens (primary N) is 1. The lowest BCUT2D eigenvalue weighted by atomic mass is 10.0. The zero-order valence-electron chi connectivity index (χ0n) is 9.46. The first-order chi connectivity index (χ1) is 8.70. The Balaban J connectivity index is 2.40. The maximum atomic E-state index is 6.23. The Morgan fingerprint density at radius 2 is 2.17 bits per heavy atom. The van der Waals surface area contributed by atoms with Gasteiger partial charge in [-0.15, -0.1) is 0 Å². The normalized spacial score (nSPS) is 14.6. The molecule has 3 N–H and O–H groups in total. The molecule has 4 nitrogen and oxygen atoms in total. The fraction of sp³-hybridized carbons (Fsp3) is 0.250. The van der Waals surface area contributed by atoms with E-state index in [9.17, 15) is 0 Å². The second kappa shape index (κ2) is 4.55. The highest BCUT2D eigenvalue weighted by atomic mass is 35.5. The Labute approximate surface area is 114 Å². The van der Waals surface area contributed by atoms with Crippen LogP contribution < -0.4 is 11.3 Å². The Morgan fingerprint density at radius 1 is 1.33 bits per heavy atom. The summed E-state index contributed by atoms with van der Waals surface area (Å²) in [4.78, 5) is 4.60. The Morgan fingerprint density at radius 3 is 2.94 bits per heavy atom. The number of nitrogen functional groups attached to an aromatic ring is 1. The number of ether oxygens (including phenoxy) is 1.